The minimum atomic E-state index is -0.541. The summed E-state index contributed by atoms with van der Waals surface area (Å²) in [5, 5.41) is 2.67. The van der Waals surface area contributed by atoms with E-state index in [1.54, 1.807) is 0 Å². The zero-order valence-electron chi connectivity index (χ0n) is 4.43. The predicted octanol–water partition coefficient (Wildman–Crippen LogP) is -1.07. The molecular weight excluding hydrogens is 122 g/mol. The standard InChI is InChI=1S/C5H3NO3/c7-4-2-1-6-3(2)5(8)9-4/h6H,1H2. The number of hydrogen-bond acceptors (Lipinski definition) is 4. The molecule has 4 heteroatoms. The lowest BCUT2D eigenvalue weighted by Crippen LogP contribution is -2.31. The van der Waals surface area contributed by atoms with Crippen LogP contribution in [0.4, 0.5) is 0 Å². The first-order chi connectivity index (χ1) is 4.29. The highest BCUT2D eigenvalue weighted by molar-refractivity contribution is 6.14. The van der Waals surface area contributed by atoms with Gasteiger partial charge < -0.3 is 10.1 Å². The molecule has 0 aromatic heterocycles. The van der Waals surface area contributed by atoms with Crippen molar-refractivity contribution < 1.29 is 14.3 Å². The number of hydrogen-bond donors (Lipinski definition) is 1. The first-order valence-electron chi connectivity index (χ1n) is 2.52. The molecule has 0 atom stereocenters. The topological polar surface area (TPSA) is 55.4 Å². The minimum absolute atomic E-state index is 0.347. The van der Waals surface area contributed by atoms with Gasteiger partial charge in [-0.3, -0.25) is 0 Å². The first-order valence-corrected chi connectivity index (χ1v) is 2.52. The molecule has 4 nitrogen and oxygen atoms in total. The van der Waals surface area contributed by atoms with Crippen molar-refractivity contribution in [2.75, 3.05) is 6.54 Å². The summed E-state index contributed by atoms with van der Waals surface area (Å²) < 4.78 is 4.23. The van der Waals surface area contributed by atoms with E-state index in [0.717, 1.165) is 0 Å². The van der Waals surface area contributed by atoms with Crippen LogP contribution in [0, 0.1) is 0 Å². The molecule has 0 spiro atoms. The van der Waals surface area contributed by atoms with Crippen LogP contribution in [-0.4, -0.2) is 18.5 Å². The fraction of sp³-hybridized carbons (Fsp3) is 0.200. The molecule has 0 amide bonds. The van der Waals surface area contributed by atoms with Gasteiger partial charge in [0, 0.05) is 6.54 Å². The van der Waals surface area contributed by atoms with Gasteiger partial charge in [0.25, 0.3) is 0 Å². The maximum absolute atomic E-state index is 10.5. The Morgan fingerprint density at radius 2 is 2.11 bits per heavy atom. The van der Waals surface area contributed by atoms with E-state index >= 15 is 0 Å². The molecule has 9 heavy (non-hydrogen) atoms. The molecule has 46 valence electrons. The van der Waals surface area contributed by atoms with Gasteiger partial charge in [-0.2, -0.15) is 0 Å². The number of carbonyl (C=O) groups is 2. The largest absolute Gasteiger partial charge is 0.385 e. The number of ether oxygens (including phenoxy) is 1. The van der Waals surface area contributed by atoms with E-state index in [9.17, 15) is 9.59 Å². The average molecular weight is 125 g/mol. The fourth-order valence-corrected chi connectivity index (χ4v) is 0.832. The Morgan fingerprint density at radius 1 is 1.33 bits per heavy atom. The summed E-state index contributed by atoms with van der Waals surface area (Å²) in [4.78, 5) is 21.0. The van der Waals surface area contributed by atoms with Crippen LogP contribution in [0.15, 0.2) is 11.3 Å². The summed E-state index contributed by atoms with van der Waals surface area (Å²) in [6.45, 7) is 0.472. The van der Waals surface area contributed by atoms with Crippen LogP contribution in [0.5, 0.6) is 0 Å². The number of cyclic esters (lactones) is 2. The Bertz CT molecular complexity index is 217. The molecule has 0 aromatic rings. The number of rotatable bonds is 0. The summed E-state index contributed by atoms with van der Waals surface area (Å²) in [7, 11) is 0. The van der Waals surface area contributed by atoms with Crippen LogP contribution in [0.1, 0.15) is 0 Å². The summed E-state index contributed by atoms with van der Waals surface area (Å²) >= 11 is 0. The SMILES string of the molecule is O=C1OC(=O)C2=C1CN2. The maximum atomic E-state index is 10.5. The van der Waals surface area contributed by atoms with Crippen LogP contribution in [0.2, 0.25) is 0 Å². The smallest absolute Gasteiger partial charge is 0.362 e. The highest BCUT2D eigenvalue weighted by atomic mass is 16.6. The molecular formula is C5H3NO3. The minimum Gasteiger partial charge on any atom is -0.385 e. The van der Waals surface area contributed by atoms with Crippen LogP contribution >= 0.6 is 0 Å². The van der Waals surface area contributed by atoms with E-state index in [4.69, 9.17) is 0 Å². The van der Waals surface area contributed by atoms with E-state index in [-0.39, 0.29) is 0 Å². The van der Waals surface area contributed by atoms with Gasteiger partial charge in [0.2, 0.25) is 0 Å². The molecule has 1 N–H and O–H groups in total. The van der Waals surface area contributed by atoms with Crippen LogP contribution < -0.4 is 5.32 Å². The molecule has 2 aliphatic rings. The monoisotopic (exact) mass is 125 g/mol. The Labute approximate surface area is 50.5 Å². The van der Waals surface area contributed by atoms with Crippen molar-refractivity contribution in [3.8, 4) is 0 Å². The van der Waals surface area contributed by atoms with Crippen molar-refractivity contribution in [3.05, 3.63) is 11.3 Å². The molecule has 0 saturated heterocycles. The molecule has 0 bridgehead atoms. The third kappa shape index (κ3) is 0.378. The van der Waals surface area contributed by atoms with E-state index in [0.29, 0.717) is 17.8 Å². The summed E-state index contributed by atoms with van der Waals surface area (Å²) in [5.74, 6) is -1.03. The van der Waals surface area contributed by atoms with E-state index in [2.05, 4.69) is 10.1 Å². The molecule has 0 unspecified atom stereocenters. The predicted molar refractivity (Wildman–Crippen MR) is 26.1 cm³/mol. The van der Waals surface area contributed by atoms with E-state index < -0.39 is 11.9 Å². The average Bonchev–Trinajstić information content (AvgIpc) is 1.73. The van der Waals surface area contributed by atoms with Crippen molar-refractivity contribution in [3.63, 3.8) is 0 Å². The lowest BCUT2D eigenvalue weighted by Gasteiger charge is -2.12. The van der Waals surface area contributed by atoms with Gasteiger partial charge in [0.15, 0.2) is 0 Å². The van der Waals surface area contributed by atoms with E-state index in [1.165, 1.54) is 0 Å². The number of carbonyl (C=O) groups excluding carboxylic acids is 2. The van der Waals surface area contributed by atoms with Gasteiger partial charge in [-0.25, -0.2) is 9.59 Å². The number of nitrogens with one attached hydrogen (secondary N) is 1. The van der Waals surface area contributed by atoms with Gasteiger partial charge in [0.05, 0.1) is 5.57 Å². The second-order valence-electron chi connectivity index (χ2n) is 1.88. The molecule has 0 aliphatic carbocycles. The lowest BCUT2D eigenvalue weighted by molar-refractivity contribution is -0.150. The van der Waals surface area contributed by atoms with E-state index in [1.807, 2.05) is 0 Å². The van der Waals surface area contributed by atoms with Gasteiger partial charge >= 0.3 is 11.9 Å². The van der Waals surface area contributed by atoms with Crippen molar-refractivity contribution in [2.24, 2.45) is 0 Å². The maximum Gasteiger partial charge on any atom is 0.362 e. The molecule has 2 heterocycles. The molecule has 0 aromatic carbocycles. The highest BCUT2D eigenvalue weighted by Gasteiger charge is 2.38. The van der Waals surface area contributed by atoms with Crippen molar-refractivity contribution >= 4 is 11.9 Å². The Morgan fingerprint density at radius 3 is 2.33 bits per heavy atom. The number of esters is 2. The molecule has 0 saturated carbocycles. The summed E-state index contributed by atoms with van der Waals surface area (Å²) in [6.07, 6.45) is 0. The molecule has 0 radical (unpaired) electrons. The van der Waals surface area contributed by atoms with Crippen LogP contribution in [0.3, 0.4) is 0 Å². The van der Waals surface area contributed by atoms with Gasteiger partial charge in [-0.15, -0.1) is 0 Å². The zero-order valence-corrected chi connectivity index (χ0v) is 4.43. The van der Waals surface area contributed by atoms with Crippen LogP contribution in [0.25, 0.3) is 0 Å². The quantitative estimate of drug-likeness (QED) is 0.330. The second-order valence-corrected chi connectivity index (χ2v) is 1.88. The van der Waals surface area contributed by atoms with Crippen molar-refractivity contribution in [2.45, 2.75) is 0 Å². The van der Waals surface area contributed by atoms with Crippen molar-refractivity contribution in [1.82, 2.24) is 5.32 Å². The third-order valence-electron chi connectivity index (χ3n) is 1.38. The lowest BCUT2D eigenvalue weighted by atomic mass is 10.1. The summed E-state index contributed by atoms with van der Waals surface area (Å²) in [6, 6.07) is 0. The third-order valence-corrected chi connectivity index (χ3v) is 1.38. The van der Waals surface area contributed by atoms with Gasteiger partial charge in [0.1, 0.15) is 5.70 Å². The molecule has 0 fully saturated rings. The second kappa shape index (κ2) is 1.15. The fourth-order valence-electron chi connectivity index (χ4n) is 0.832. The normalized spacial score (nSPS) is 22.7. The van der Waals surface area contributed by atoms with Crippen LogP contribution in [-0.2, 0) is 14.3 Å². The Kier molecular flexibility index (Phi) is 0.582. The molecule has 2 aliphatic heterocycles. The highest BCUT2D eigenvalue weighted by Crippen LogP contribution is 2.20. The van der Waals surface area contributed by atoms with Gasteiger partial charge in [-0.1, -0.05) is 0 Å². The molecule has 2 rings (SSSR count). The Balaban J connectivity index is 2.49. The summed E-state index contributed by atoms with van der Waals surface area (Å²) in [5.41, 5.74) is 0.833. The van der Waals surface area contributed by atoms with Crippen molar-refractivity contribution in [1.29, 1.82) is 0 Å². The zero-order chi connectivity index (χ0) is 6.43. The Hall–Kier alpha value is -1.32. The van der Waals surface area contributed by atoms with Gasteiger partial charge in [-0.05, 0) is 0 Å². The first kappa shape index (κ1) is 4.55.